The minimum absolute atomic E-state index is 0.708. The maximum absolute atomic E-state index is 5.81. The molecule has 0 atom stereocenters. The Labute approximate surface area is 75.8 Å². The molecule has 0 bridgehead atoms. The zero-order chi connectivity index (χ0) is 8.55. The van der Waals surface area contributed by atoms with Gasteiger partial charge in [-0.15, -0.1) is 0 Å². The summed E-state index contributed by atoms with van der Waals surface area (Å²) in [5.74, 6) is 0. The number of aromatic nitrogens is 2. The summed E-state index contributed by atoms with van der Waals surface area (Å²) in [6, 6.07) is 3.89. The molecule has 0 aliphatic rings. The van der Waals surface area contributed by atoms with E-state index in [9.17, 15) is 0 Å². The average Bonchev–Trinajstić information content (AvgIpc) is 2.43. The summed E-state index contributed by atoms with van der Waals surface area (Å²) in [5.41, 5.74) is 2.05. The van der Waals surface area contributed by atoms with Gasteiger partial charge in [-0.3, -0.25) is 0 Å². The van der Waals surface area contributed by atoms with Crippen LogP contribution in [0.5, 0.6) is 0 Å². The van der Waals surface area contributed by atoms with Crippen molar-refractivity contribution in [2.75, 3.05) is 0 Å². The average molecular weight is 180 g/mol. The third-order valence-corrected chi connectivity index (χ3v) is 1.97. The Hall–Kier alpha value is -1.02. The number of hydrogen-bond donors (Lipinski definition) is 0. The first-order valence-electron chi connectivity index (χ1n) is 3.71. The van der Waals surface area contributed by atoms with E-state index in [4.69, 9.17) is 11.6 Å². The topological polar surface area (TPSA) is 17.3 Å². The van der Waals surface area contributed by atoms with E-state index in [0.29, 0.717) is 6.42 Å². The van der Waals surface area contributed by atoms with E-state index in [1.54, 1.807) is 6.33 Å². The van der Waals surface area contributed by atoms with Gasteiger partial charge in [0.1, 0.15) is 0 Å². The highest BCUT2D eigenvalue weighted by molar-refractivity contribution is 6.31. The van der Waals surface area contributed by atoms with E-state index in [0.717, 1.165) is 16.2 Å². The number of rotatable bonds is 1. The Morgan fingerprint density at radius 3 is 3.08 bits per heavy atom. The van der Waals surface area contributed by atoms with Gasteiger partial charge in [0.15, 0.2) is 0 Å². The molecule has 61 valence electrons. The molecule has 0 saturated heterocycles. The summed E-state index contributed by atoms with van der Waals surface area (Å²) in [6.07, 6.45) is 4.29. The third-order valence-electron chi connectivity index (χ3n) is 1.76. The van der Waals surface area contributed by atoms with E-state index in [1.807, 2.05) is 22.7 Å². The van der Waals surface area contributed by atoms with Crippen LogP contribution in [0.15, 0.2) is 24.7 Å². The zero-order valence-corrected chi connectivity index (χ0v) is 7.25. The van der Waals surface area contributed by atoms with Crippen molar-refractivity contribution in [3.63, 3.8) is 0 Å². The second-order valence-electron chi connectivity index (χ2n) is 2.62. The van der Waals surface area contributed by atoms with Crippen LogP contribution in [-0.4, -0.2) is 9.38 Å². The van der Waals surface area contributed by atoms with Crippen molar-refractivity contribution in [3.05, 3.63) is 42.3 Å². The van der Waals surface area contributed by atoms with Gasteiger partial charge in [0, 0.05) is 17.4 Å². The van der Waals surface area contributed by atoms with Gasteiger partial charge in [-0.2, -0.15) is 0 Å². The lowest BCUT2D eigenvalue weighted by Gasteiger charge is -1.96. The molecule has 1 radical (unpaired) electrons. The maximum atomic E-state index is 5.81. The Balaban J connectivity index is 2.66. The first-order valence-corrected chi connectivity index (χ1v) is 4.09. The molecule has 0 amide bonds. The van der Waals surface area contributed by atoms with Crippen molar-refractivity contribution in [1.29, 1.82) is 0 Å². The van der Waals surface area contributed by atoms with Gasteiger partial charge in [-0.1, -0.05) is 11.6 Å². The first-order chi connectivity index (χ1) is 5.79. The molecular formula is C9H8ClN2. The van der Waals surface area contributed by atoms with Gasteiger partial charge in [0.05, 0.1) is 11.3 Å². The molecule has 3 heteroatoms. The van der Waals surface area contributed by atoms with Gasteiger partial charge in [0.2, 0.25) is 0 Å². The maximum Gasteiger partial charge on any atom is 0.0994 e. The molecule has 0 spiro atoms. The largest absolute Gasteiger partial charge is 0.306 e. The fraction of sp³-hybridized carbons (Fsp3) is 0.111. The highest BCUT2D eigenvalue weighted by atomic mass is 35.5. The molecule has 0 unspecified atom stereocenters. The molecule has 12 heavy (non-hydrogen) atoms. The van der Waals surface area contributed by atoms with Crippen LogP contribution >= 0.6 is 11.6 Å². The lowest BCUT2D eigenvalue weighted by molar-refractivity contribution is 1.02. The van der Waals surface area contributed by atoms with Crippen LogP contribution in [0.1, 0.15) is 5.69 Å². The van der Waals surface area contributed by atoms with Gasteiger partial charge >= 0.3 is 0 Å². The highest BCUT2D eigenvalue weighted by Gasteiger charge is 1.97. The van der Waals surface area contributed by atoms with Gasteiger partial charge in [0.25, 0.3) is 0 Å². The van der Waals surface area contributed by atoms with Crippen LogP contribution in [0.4, 0.5) is 0 Å². The molecule has 2 nitrogen and oxygen atoms in total. The Kier molecular flexibility index (Phi) is 1.77. The molecule has 2 rings (SSSR count). The Morgan fingerprint density at radius 2 is 2.33 bits per heavy atom. The molecule has 0 aromatic carbocycles. The molecule has 0 saturated carbocycles. The number of hydrogen-bond acceptors (Lipinski definition) is 1. The van der Waals surface area contributed by atoms with Gasteiger partial charge < -0.3 is 4.40 Å². The molecule has 0 aliphatic heterocycles. The van der Waals surface area contributed by atoms with Gasteiger partial charge in [-0.05, 0) is 25.5 Å². The molecular weight excluding hydrogens is 172 g/mol. The summed E-state index contributed by atoms with van der Waals surface area (Å²) in [5, 5.41) is 0.734. The van der Waals surface area contributed by atoms with Crippen molar-refractivity contribution in [2.24, 2.45) is 0 Å². The molecule has 2 aromatic rings. The molecule has 2 heterocycles. The van der Waals surface area contributed by atoms with Crippen LogP contribution in [-0.2, 0) is 6.42 Å². The second kappa shape index (κ2) is 2.79. The monoisotopic (exact) mass is 179 g/mol. The van der Waals surface area contributed by atoms with E-state index in [1.165, 1.54) is 0 Å². The zero-order valence-electron chi connectivity index (χ0n) is 6.50. The smallest absolute Gasteiger partial charge is 0.0994 e. The number of fused-ring (bicyclic) bond motifs is 1. The summed E-state index contributed by atoms with van der Waals surface area (Å²) in [6.45, 7) is 3.76. The van der Waals surface area contributed by atoms with Crippen LogP contribution in [0.3, 0.4) is 0 Å². The quantitative estimate of drug-likeness (QED) is 0.657. The van der Waals surface area contributed by atoms with Crippen LogP contribution < -0.4 is 0 Å². The fourth-order valence-electron chi connectivity index (χ4n) is 1.16. The van der Waals surface area contributed by atoms with Crippen molar-refractivity contribution >= 4 is 17.1 Å². The number of halogens is 1. The normalized spacial score (nSPS) is 10.8. The summed E-state index contributed by atoms with van der Waals surface area (Å²) in [7, 11) is 0. The van der Waals surface area contributed by atoms with Crippen LogP contribution in [0.2, 0.25) is 5.02 Å². The standard InChI is InChI=1S/C9H8ClN2/c1-2-8-4-9-3-7(10)5-12(9)6-11-8/h3-6H,1-2H2. The minimum atomic E-state index is 0.708. The third kappa shape index (κ3) is 1.18. The highest BCUT2D eigenvalue weighted by Crippen LogP contribution is 2.14. The molecule has 0 fully saturated rings. The van der Waals surface area contributed by atoms with Gasteiger partial charge in [-0.25, -0.2) is 4.98 Å². The Morgan fingerprint density at radius 1 is 1.50 bits per heavy atom. The lowest BCUT2D eigenvalue weighted by Crippen LogP contribution is -1.90. The van der Waals surface area contributed by atoms with E-state index >= 15 is 0 Å². The van der Waals surface area contributed by atoms with Crippen molar-refractivity contribution in [3.8, 4) is 0 Å². The van der Waals surface area contributed by atoms with E-state index < -0.39 is 0 Å². The molecule has 0 aliphatic carbocycles. The van der Waals surface area contributed by atoms with Crippen molar-refractivity contribution < 1.29 is 0 Å². The van der Waals surface area contributed by atoms with E-state index in [2.05, 4.69) is 11.9 Å². The summed E-state index contributed by atoms with van der Waals surface area (Å²) >= 11 is 5.81. The fourth-order valence-corrected chi connectivity index (χ4v) is 1.37. The first kappa shape index (κ1) is 7.62. The number of nitrogens with zero attached hydrogens (tertiary/aromatic N) is 2. The minimum Gasteiger partial charge on any atom is -0.306 e. The lowest BCUT2D eigenvalue weighted by atomic mass is 10.3. The predicted octanol–water partition coefficient (Wildman–Crippen LogP) is 2.36. The molecule has 0 N–H and O–H groups in total. The second-order valence-corrected chi connectivity index (χ2v) is 3.06. The molecule has 2 aromatic heterocycles. The van der Waals surface area contributed by atoms with Crippen molar-refractivity contribution in [2.45, 2.75) is 6.42 Å². The summed E-state index contributed by atoms with van der Waals surface area (Å²) in [4.78, 5) is 4.18. The summed E-state index contributed by atoms with van der Waals surface area (Å²) < 4.78 is 1.89. The van der Waals surface area contributed by atoms with Crippen molar-refractivity contribution in [1.82, 2.24) is 9.38 Å². The van der Waals surface area contributed by atoms with Crippen LogP contribution in [0, 0.1) is 6.92 Å². The Bertz CT molecular complexity index is 406. The van der Waals surface area contributed by atoms with E-state index in [-0.39, 0.29) is 0 Å². The SMILES string of the molecule is [CH2]Cc1cc2cc(Cl)cn2cn1. The predicted molar refractivity (Wildman–Crippen MR) is 49.3 cm³/mol. The van der Waals surface area contributed by atoms with Crippen LogP contribution in [0.25, 0.3) is 5.52 Å².